The molecule has 3 N–H and O–H groups in total. The largest absolute Gasteiger partial charge is 0.345 e. The molecule has 3 aromatic rings. The molecule has 10 heteroatoms. The van der Waals surface area contributed by atoms with Gasteiger partial charge in [0.25, 0.3) is 17.4 Å². The summed E-state index contributed by atoms with van der Waals surface area (Å²) in [6, 6.07) is 7.83. The molecule has 34 heavy (non-hydrogen) atoms. The Balaban J connectivity index is 1.53. The second-order valence-corrected chi connectivity index (χ2v) is 10.5. The molecule has 1 aliphatic heterocycles. The van der Waals surface area contributed by atoms with Crippen LogP contribution < -0.4 is 16.2 Å². The van der Waals surface area contributed by atoms with Crippen molar-refractivity contribution in [2.45, 2.75) is 31.2 Å². The minimum Gasteiger partial charge on any atom is -0.345 e. The summed E-state index contributed by atoms with van der Waals surface area (Å²) in [6.07, 6.45) is 7.52. The molecule has 9 nitrogen and oxygen atoms in total. The van der Waals surface area contributed by atoms with E-state index in [9.17, 15) is 22.8 Å². The summed E-state index contributed by atoms with van der Waals surface area (Å²) in [4.78, 5) is 45.7. The Morgan fingerprint density at radius 1 is 1.12 bits per heavy atom. The molecular formula is C24H22N4O5S. The third kappa shape index (κ3) is 4.24. The normalized spacial score (nSPS) is 19.0. The Bertz CT molecular complexity index is 1490. The van der Waals surface area contributed by atoms with E-state index in [2.05, 4.69) is 20.6 Å². The highest BCUT2D eigenvalue weighted by atomic mass is 32.2. The van der Waals surface area contributed by atoms with Crippen LogP contribution in [-0.2, 0) is 9.84 Å². The zero-order valence-corrected chi connectivity index (χ0v) is 18.9. The molecule has 2 aliphatic rings. The number of amides is 2. The van der Waals surface area contributed by atoms with E-state index in [1.54, 1.807) is 24.4 Å². The number of carbonyl (C=O) groups is 2. The summed E-state index contributed by atoms with van der Waals surface area (Å²) in [6.45, 7) is 0. The SMILES string of the molecule is O=C(N[C@@H]1C=CS(=O)(=O)C1)c1cc2ccc(C3CCC3)c(C(=O)Nc3cccnc3)c2[nH]c1=O. The van der Waals surface area contributed by atoms with Gasteiger partial charge in [-0.25, -0.2) is 8.42 Å². The van der Waals surface area contributed by atoms with E-state index in [4.69, 9.17) is 0 Å². The van der Waals surface area contributed by atoms with Crippen molar-refractivity contribution in [2.24, 2.45) is 0 Å². The number of H-pyrrole nitrogens is 1. The lowest BCUT2D eigenvalue weighted by Gasteiger charge is -2.28. The van der Waals surface area contributed by atoms with Crippen LogP contribution in [0.2, 0.25) is 0 Å². The third-order valence-corrected chi connectivity index (χ3v) is 7.63. The lowest BCUT2D eigenvalue weighted by Crippen LogP contribution is -2.38. The highest BCUT2D eigenvalue weighted by Crippen LogP contribution is 2.39. The van der Waals surface area contributed by atoms with Gasteiger partial charge in [0.15, 0.2) is 9.84 Å². The van der Waals surface area contributed by atoms with Crippen LogP contribution in [0.3, 0.4) is 0 Å². The lowest BCUT2D eigenvalue weighted by molar-refractivity contribution is 0.0945. The Kier molecular flexibility index (Phi) is 5.52. The predicted molar refractivity (Wildman–Crippen MR) is 128 cm³/mol. The number of hydrogen-bond donors (Lipinski definition) is 3. The molecular weight excluding hydrogens is 456 g/mol. The van der Waals surface area contributed by atoms with Gasteiger partial charge in [0, 0.05) is 11.6 Å². The van der Waals surface area contributed by atoms with Crippen molar-refractivity contribution in [1.29, 1.82) is 0 Å². The molecule has 0 unspecified atom stereocenters. The number of fused-ring (bicyclic) bond motifs is 1. The Hall–Kier alpha value is -3.79. The van der Waals surface area contributed by atoms with Gasteiger partial charge < -0.3 is 15.6 Å². The molecule has 3 heterocycles. The molecule has 2 aromatic heterocycles. The second-order valence-electron chi connectivity index (χ2n) is 8.57. The maximum Gasteiger partial charge on any atom is 0.261 e. The van der Waals surface area contributed by atoms with Crippen LogP contribution in [0.5, 0.6) is 0 Å². The molecule has 1 atom stereocenters. The summed E-state index contributed by atoms with van der Waals surface area (Å²) in [5.74, 6) is -1.07. The average molecular weight is 479 g/mol. The molecule has 0 saturated heterocycles. The quantitative estimate of drug-likeness (QED) is 0.515. The first kappa shape index (κ1) is 22.0. The van der Waals surface area contributed by atoms with Gasteiger partial charge in [-0.1, -0.05) is 18.6 Å². The highest BCUT2D eigenvalue weighted by molar-refractivity contribution is 7.94. The molecule has 1 saturated carbocycles. The number of hydrogen-bond acceptors (Lipinski definition) is 6. The average Bonchev–Trinajstić information content (AvgIpc) is 3.10. The smallest absolute Gasteiger partial charge is 0.261 e. The Morgan fingerprint density at radius 3 is 2.59 bits per heavy atom. The van der Waals surface area contributed by atoms with E-state index in [-0.39, 0.29) is 23.1 Å². The van der Waals surface area contributed by atoms with Gasteiger partial charge in [-0.3, -0.25) is 19.4 Å². The molecule has 0 spiro atoms. The first-order valence-electron chi connectivity index (χ1n) is 10.9. The number of nitrogens with zero attached hydrogens (tertiary/aromatic N) is 1. The first-order valence-corrected chi connectivity index (χ1v) is 12.7. The zero-order chi connectivity index (χ0) is 23.9. The van der Waals surface area contributed by atoms with Crippen molar-refractivity contribution in [3.05, 3.63) is 81.3 Å². The monoisotopic (exact) mass is 478 g/mol. The van der Waals surface area contributed by atoms with Gasteiger partial charge >= 0.3 is 0 Å². The number of carbonyl (C=O) groups excluding carboxylic acids is 2. The van der Waals surface area contributed by atoms with Gasteiger partial charge in [-0.05, 0) is 54.0 Å². The maximum absolute atomic E-state index is 13.3. The topological polar surface area (TPSA) is 138 Å². The molecule has 1 aromatic carbocycles. The zero-order valence-electron chi connectivity index (χ0n) is 18.1. The van der Waals surface area contributed by atoms with Crippen LogP contribution in [0, 0.1) is 0 Å². The maximum atomic E-state index is 13.3. The molecule has 1 aliphatic carbocycles. The minimum atomic E-state index is -3.35. The Labute approximate surface area is 195 Å². The molecule has 2 amide bonds. The molecule has 0 bridgehead atoms. The summed E-state index contributed by atoms with van der Waals surface area (Å²) in [7, 11) is -3.35. The number of benzene rings is 1. The van der Waals surface area contributed by atoms with Crippen molar-refractivity contribution < 1.29 is 18.0 Å². The second kappa shape index (κ2) is 8.53. The van der Waals surface area contributed by atoms with Gasteiger partial charge in [0.05, 0.1) is 34.8 Å². The highest BCUT2D eigenvalue weighted by Gasteiger charge is 2.28. The Morgan fingerprint density at radius 2 is 1.94 bits per heavy atom. The number of sulfone groups is 1. The third-order valence-electron chi connectivity index (χ3n) is 6.24. The van der Waals surface area contributed by atoms with Crippen molar-refractivity contribution in [3.63, 3.8) is 0 Å². The van der Waals surface area contributed by atoms with Crippen LogP contribution >= 0.6 is 0 Å². The molecule has 1 fully saturated rings. The number of pyridine rings is 2. The van der Waals surface area contributed by atoms with Gasteiger partial charge in [-0.2, -0.15) is 0 Å². The number of aromatic amines is 1. The number of nitrogens with one attached hydrogen (secondary N) is 3. The van der Waals surface area contributed by atoms with E-state index in [0.717, 1.165) is 30.2 Å². The van der Waals surface area contributed by atoms with E-state index < -0.39 is 27.3 Å². The van der Waals surface area contributed by atoms with Crippen molar-refractivity contribution >= 4 is 38.2 Å². The van der Waals surface area contributed by atoms with Crippen LogP contribution in [0.15, 0.2) is 59.0 Å². The predicted octanol–water partition coefficient (Wildman–Crippen LogP) is 2.48. The van der Waals surface area contributed by atoms with Gasteiger partial charge in [0.1, 0.15) is 5.56 Å². The number of rotatable bonds is 5. The number of aromatic nitrogens is 2. The fourth-order valence-electron chi connectivity index (χ4n) is 4.31. The van der Waals surface area contributed by atoms with Gasteiger partial charge in [-0.15, -0.1) is 0 Å². The van der Waals surface area contributed by atoms with Crippen LogP contribution in [0.25, 0.3) is 10.9 Å². The minimum absolute atomic E-state index is 0.153. The van der Waals surface area contributed by atoms with Crippen molar-refractivity contribution in [3.8, 4) is 0 Å². The summed E-state index contributed by atoms with van der Waals surface area (Å²) in [5, 5.41) is 6.98. The summed E-state index contributed by atoms with van der Waals surface area (Å²) < 4.78 is 23.2. The van der Waals surface area contributed by atoms with E-state index in [0.29, 0.717) is 22.2 Å². The summed E-state index contributed by atoms with van der Waals surface area (Å²) >= 11 is 0. The standard InChI is InChI=1S/C24H22N4O5S/c29-22(27-17-8-10-34(32,33)13-17)19-11-15-6-7-18(14-3-1-4-14)20(21(15)28-23(19)30)24(31)26-16-5-2-9-25-12-16/h2,5-12,14,17H,1,3-4,13H2,(H,26,31)(H,27,29)(H,28,30)/t17-/m1/s1. The fraction of sp³-hybridized carbons (Fsp3) is 0.250. The van der Waals surface area contributed by atoms with Gasteiger partial charge in [0.2, 0.25) is 0 Å². The van der Waals surface area contributed by atoms with E-state index in [1.165, 1.54) is 18.3 Å². The lowest BCUT2D eigenvalue weighted by atomic mass is 9.77. The first-order chi connectivity index (χ1) is 16.3. The van der Waals surface area contributed by atoms with Crippen molar-refractivity contribution in [2.75, 3.05) is 11.1 Å². The van der Waals surface area contributed by atoms with E-state index in [1.807, 2.05) is 6.07 Å². The van der Waals surface area contributed by atoms with Crippen molar-refractivity contribution in [1.82, 2.24) is 15.3 Å². The number of anilines is 1. The molecule has 5 rings (SSSR count). The van der Waals surface area contributed by atoms with Crippen LogP contribution in [0.1, 0.15) is 51.5 Å². The summed E-state index contributed by atoms with van der Waals surface area (Å²) in [5.41, 5.74) is 1.31. The fourth-order valence-corrected chi connectivity index (χ4v) is 5.54. The molecule has 174 valence electrons. The van der Waals surface area contributed by atoms with E-state index >= 15 is 0 Å². The van der Waals surface area contributed by atoms with Crippen LogP contribution in [-0.4, -0.2) is 42.0 Å². The van der Waals surface area contributed by atoms with Crippen LogP contribution in [0.4, 0.5) is 5.69 Å². The molecule has 0 radical (unpaired) electrons.